The van der Waals surface area contributed by atoms with Gasteiger partial charge in [0.15, 0.2) is 0 Å². The van der Waals surface area contributed by atoms with Gasteiger partial charge in [-0.15, -0.1) is 0 Å². The maximum atomic E-state index is 8.79. The van der Waals surface area contributed by atoms with Crippen molar-refractivity contribution in [2.45, 2.75) is 45.1 Å². The molecule has 0 saturated heterocycles. The minimum atomic E-state index is 0.440. The Morgan fingerprint density at radius 2 is 2.17 bits per heavy atom. The summed E-state index contributed by atoms with van der Waals surface area (Å²) in [7, 11) is 0. The lowest BCUT2D eigenvalue weighted by atomic mass is 9.97. The zero-order valence-electron chi connectivity index (χ0n) is 10.8. The van der Waals surface area contributed by atoms with E-state index >= 15 is 0 Å². The van der Waals surface area contributed by atoms with Crippen LogP contribution in [0.1, 0.15) is 44.6 Å². The molecule has 1 aliphatic rings. The first kappa shape index (κ1) is 12.7. The fraction of sp³-hybridized carbons (Fsp3) is 0.571. The van der Waals surface area contributed by atoms with E-state index in [1.807, 2.05) is 6.07 Å². The highest BCUT2D eigenvalue weighted by molar-refractivity contribution is 5.63. The SMILES string of the molecule is CC1CCCCCC1Nc1ncc(C#N)cc1N. The zero-order chi connectivity index (χ0) is 13.0. The Bertz CT molecular complexity index is 450. The summed E-state index contributed by atoms with van der Waals surface area (Å²) in [4.78, 5) is 4.25. The van der Waals surface area contributed by atoms with Gasteiger partial charge in [0, 0.05) is 12.2 Å². The van der Waals surface area contributed by atoms with Crippen LogP contribution in [0.2, 0.25) is 0 Å². The molecule has 3 N–H and O–H groups in total. The van der Waals surface area contributed by atoms with Crippen molar-refractivity contribution in [3.63, 3.8) is 0 Å². The second kappa shape index (κ2) is 5.72. The van der Waals surface area contributed by atoms with Gasteiger partial charge < -0.3 is 11.1 Å². The van der Waals surface area contributed by atoms with Crippen LogP contribution in [-0.2, 0) is 0 Å². The number of pyridine rings is 1. The van der Waals surface area contributed by atoms with Crippen LogP contribution in [0.5, 0.6) is 0 Å². The first-order chi connectivity index (χ1) is 8.70. The number of aromatic nitrogens is 1. The molecule has 4 nitrogen and oxygen atoms in total. The maximum absolute atomic E-state index is 8.79. The van der Waals surface area contributed by atoms with Crippen molar-refractivity contribution in [1.82, 2.24) is 4.98 Å². The first-order valence-corrected chi connectivity index (χ1v) is 6.63. The van der Waals surface area contributed by atoms with Gasteiger partial charge in [-0.05, 0) is 24.8 Å². The molecule has 2 atom stereocenters. The van der Waals surface area contributed by atoms with Crippen LogP contribution in [0, 0.1) is 17.2 Å². The average Bonchev–Trinajstić information content (AvgIpc) is 2.57. The van der Waals surface area contributed by atoms with Gasteiger partial charge in [0.2, 0.25) is 0 Å². The number of hydrogen-bond acceptors (Lipinski definition) is 4. The highest BCUT2D eigenvalue weighted by Crippen LogP contribution is 2.27. The van der Waals surface area contributed by atoms with Crippen LogP contribution in [-0.4, -0.2) is 11.0 Å². The van der Waals surface area contributed by atoms with Crippen LogP contribution >= 0.6 is 0 Å². The minimum Gasteiger partial charge on any atom is -0.396 e. The molecular weight excluding hydrogens is 224 g/mol. The lowest BCUT2D eigenvalue weighted by Gasteiger charge is -2.24. The second-order valence-corrected chi connectivity index (χ2v) is 5.14. The molecule has 2 rings (SSSR count). The lowest BCUT2D eigenvalue weighted by molar-refractivity contribution is 0.456. The topological polar surface area (TPSA) is 74.7 Å². The Morgan fingerprint density at radius 3 is 2.89 bits per heavy atom. The Morgan fingerprint density at radius 1 is 1.39 bits per heavy atom. The number of nitrogen functional groups attached to an aromatic ring is 1. The van der Waals surface area contributed by atoms with Crippen LogP contribution in [0.15, 0.2) is 12.3 Å². The van der Waals surface area contributed by atoms with Crippen LogP contribution in [0.4, 0.5) is 11.5 Å². The molecule has 1 heterocycles. The summed E-state index contributed by atoms with van der Waals surface area (Å²) in [6, 6.07) is 4.16. The van der Waals surface area contributed by atoms with E-state index in [-0.39, 0.29) is 0 Å². The van der Waals surface area contributed by atoms with Crippen molar-refractivity contribution in [3.05, 3.63) is 17.8 Å². The van der Waals surface area contributed by atoms with Crippen molar-refractivity contribution in [2.75, 3.05) is 11.1 Å². The molecule has 4 heteroatoms. The molecule has 0 bridgehead atoms. The molecule has 1 aromatic heterocycles. The Balaban J connectivity index is 2.10. The smallest absolute Gasteiger partial charge is 0.149 e. The summed E-state index contributed by atoms with van der Waals surface area (Å²) in [5.74, 6) is 1.36. The van der Waals surface area contributed by atoms with Crippen molar-refractivity contribution in [1.29, 1.82) is 5.26 Å². The highest BCUT2D eigenvalue weighted by Gasteiger charge is 2.20. The van der Waals surface area contributed by atoms with E-state index < -0.39 is 0 Å². The summed E-state index contributed by atoms with van der Waals surface area (Å²) in [5, 5.41) is 12.2. The predicted octanol–water partition coefficient (Wildman–Crippen LogP) is 2.92. The molecule has 96 valence electrons. The van der Waals surface area contributed by atoms with Crippen LogP contribution < -0.4 is 11.1 Å². The third-order valence-electron chi connectivity index (χ3n) is 3.73. The number of hydrogen-bond donors (Lipinski definition) is 2. The molecule has 0 amide bonds. The maximum Gasteiger partial charge on any atom is 0.149 e. The number of nitrogens with zero attached hydrogens (tertiary/aromatic N) is 2. The first-order valence-electron chi connectivity index (χ1n) is 6.63. The number of nitriles is 1. The van der Waals surface area contributed by atoms with Crippen molar-refractivity contribution < 1.29 is 0 Å². The zero-order valence-corrected chi connectivity index (χ0v) is 10.8. The van der Waals surface area contributed by atoms with E-state index in [2.05, 4.69) is 17.2 Å². The molecule has 2 unspecified atom stereocenters. The van der Waals surface area contributed by atoms with E-state index in [1.54, 1.807) is 12.3 Å². The molecule has 0 aliphatic heterocycles. The number of rotatable bonds is 2. The average molecular weight is 244 g/mol. The van der Waals surface area contributed by atoms with E-state index in [0.717, 1.165) is 0 Å². The Hall–Kier alpha value is -1.76. The van der Waals surface area contributed by atoms with Gasteiger partial charge >= 0.3 is 0 Å². The van der Waals surface area contributed by atoms with Gasteiger partial charge in [0.1, 0.15) is 11.9 Å². The summed E-state index contributed by atoms with van der Waals surface area (Å²) in [5.41, 5.74) is 6.99. The third-order valence-corrected chi connectivity index (χ3v) is 3.73. The molecule has 0 radical (unpaired) electrons. The van der Waals surface area contributed by atoms with Crippen molar-refractivity contribution in [3.8, 4) is 6.07 Å². The van der Waals surface area contributed by atoms with Gasteiger partial charge in [0.25, 0.3) is 0 Å². The molecule has 1 fully saturated rings. The highest BCUT2D eigenvalue weighted by atomic mass is 15.0. The predicted molar refractivity (Wildman–Crippen MR) is 73.0 cm³/mol. The normalized spacial score (nSPS) is 24.0. The van der Waals surface area contributed by atoms with Crippen molar-refractivity contribution >= 4 is 11.5 Å². The molecule has 0 spiro atoms. The van der Waals surface area contributed by atoms with Crippen molar-refractivity contribution in [2.24, 2.45) is 5.92 Å². The van der Waals surface area contributed by atoms with Crippen LogP contribution in [0.25, 0.3) is 0 Å². The monoisotopic (exact) mass is 244 g/mol. The standard InChI is InChI=1S/C14H20N4/c1-10-5-3-2-4-6-13(10)18-14-12(16)7-11(8-15)9-17-14/h7,9-10,13H,2-6,16H2,1H3,(H,17,18). The van der Waals surface area contributed by atoms with Crippen LogP contribution in [0.3, 0.4) is 0 Å². The number of anilines is 2. The summed E-state index contributed by atoms with van der Waals surface area (Å²) in [6.07, 6.45) is 7.89. The Labute approximate surface area is 108 Å². The van der Waals surface area contributed by atoms with E-state index in [9.17, 15) is 0 Å². The van der Waals surface area contributed by atoms with Gasteiger partial charge in [0.05, 0.1) is 11.3 Å². The summed E-state index contributed by atoms with van der Waals surface area (Å²) >= 11 is 0. The molecule has 0 aromatic carbocycles. The van der Waals surface area contributed by atoms with E-state index in [1.165, 1.54) is 32.1 Å². The summed E-state index contributed by atoms with van der Waals surface area (Å²) < 4.78 is 0. The van der Waals surface area contributed by atoms with Gasteiger partial charge in [-0.2, -0.15) is 5.26 Å². The van der Waals surface area contributed by atoms with E-state index in [4.69, 9.17) is 11.0 Å². The fourth-order valence-corrected chi connectivity index (χ4v) is 2.55. The molecule has 1 aromatic rings. The lowest BCUT2D eigenvalue weighted by Crippen LogP contribution is -2.27. The second-order valence-electron chi connectivity index (χ2n) is 5.14. The third kappa shape index (κ3) is 2.92. The summed E-state index contributed by atoms with van der Waals surface area (Å²) in [6.45, 7) is 2.28. The molecule has 1 saturated carbocycles. The number of nitrogens with one attached hydrogen (secondary N) is 1. The minimum absolute atomic E-state index is 0.440. The Kier molecular flexibility index (Phi) is 4.03. The van der Waals surface area contributed by atoms with Gasteiger partial charge in [-0.3, -0.25) is 0 Å². The molecule has 1 aliphatic carbocycles. The largest absolute Gasteiger partial charge is 0.396 e. The fourth-order valence-electron chi connectivity index (χ4n) is 2.55. The molecular formula is C14H20N4. The van der Waals surface area contributed by atoms with E-state index in [0.29, 0.717) is 29.0 Å². The number of nitrogens with two attached hydrogens (primary N) is 1. The molecule has 18 heavy (non-hydrogen) atoms. The van der Waals surface area contributed by atoms with Gasteiger partial charge in [-0.1, -0.05) is 26.2 Å². The van der Waals surface area contributed by atoms with Gasteiger partial charge in [-0.25, -0.2) is 4.98 Å². The quantitative estimate of drug-likeness (QED) is 0.784.